The quantitative estimate of drug-likeness (QED) is 0.802. The Morgan fingerprint density at radius 3 is 2.40 bits per heavy atom. The van der Waals surface area contributed by atoms with Crippen LogP contribution in [0.25, 0.3) is 5.69 Å². The molecule has 4 nitrogen and oxygen atoms in total. The Hall–Kier alpha value is -1.37. The van der Waals surface area contributed by atoms with Crippen molar-refractivity contribution in [2.75, 3.05) is 0 Å². The molecule has 0 amide bonds. The smallest absolute Gasteiger partial charge is 0.357 e. The first-order valence-corrected chi connectivity index (χ1v) is 7.39. The molecule has 0 aliphatic rings. The highest BCUT2D eigenvalue weighted by Crippen LogP contribution is 2.32. The van der Waals surface area contributed by atoms with Crippen molar-refractivity contribution in [3.8, 4) is 5.69 Å². The summed E-state index contributed by atoms with van der Waals surface area (Å²) in [4.78, 5) is 11.3. The average molecular weight is 384 g/mol. The largest absolute Gasteiger partial charge is 0.476 e. The summed E-state index contributed by atoms with van der Waals surface area (Å²) in [7, 11) is 0. The van der Waals surface area contributed by atoms with Gasteiger partial charge in [0.1, 0.15) is 0 Å². The van der Waals surface area contributed by atoms with Crippen LogP contribution in [0.2, 0.25) is 0 Å². The van der Waals surface area contributed by atoms with Crippen molar-refractivity contribution in [3.63, 3.8) is 0 Å². The van der Waals surface area contributed by atoms with Crippen LogP contribution in [0, 0.1) is 10.5 Å². The third-order valence-electron chi connectivity index (χ3n) is 3.08. The van der Waals surface area contributed by atoms with E-state index in [0.717, 1.165) is 16.9 Å². The van der Waals surface area contributed by atoms with E-state index in [-0.39, 0.29) is 11.1 Å². The number of carbonyl (C=O) groups is 1. The predicted molar refractivity (Wildman–Crippen MR) is 86.7 cm³/mol. The van der Waals surface area contributed by atoms with Gasteiger partial charge in [-0.15, -0.1) is 0 Å². The molecule has 5 heteroatoms. The van der Waals surface area contributed by atoms with E-state index in [1.807, 2.05) is 31.2 Å². The van der Waals surface area contributed by atoms with E-state index in [4.69, 9.17) is 0 Å². The first-order chi connectivity index (χ1) is 9.23. The Morgan fingerprint density at radius 2 is 1.90 bits per heavy atom. The van der Waals surface area contributed by atoms with Gasteiger partial charge in [-0.25, -0.2) is 9.48 Å². The average Bonchev–Trinajstić information content (AvgIpc) is 2.67. The van der Waals surface area contributed by atoms with Gasteiger partial charge in [0.25, 0.3) is 0 Å². The maximum absolute atomic E-state index is 11.3. The first-order valence-electron chi connectivity index (χ1n) is 6.31. The summed E-state index contributed by atoms with van der Waals surface area (Å²) in [6, 6.07) is 7.85. The zero-order valence-electron chi connectivity index (χ0n) is 11.9. The molecule has 1 heterocycles. The van der Waals surface area contributed by atoms with Crippen molar-refractivity contribution in [3.05, 3.63) is 44.8 Å². The summed E-state index contributed by atoms with van der Waals surface area (Å²) >= 11 is 2.08. The van der Waals surface area contributed by atoms with Gasteiger partial charge in [0.15, 0.2) is 5.69 Å². The van der Waals surface area contributed by atoms with Crippen LogP contribution in [0.1, 0.15) is 42.5 Å². The van der Waals surface area contributed by atoms with Crippen LogP contribution < -0.4 is 0 Å². The predicted octanol–water partition coefficient (Wildman–Crippen LogP) is 3.78. The lowest BCUT2D eigenvalue weighted by Crippen LogP contribution is -2.19. The maximum Gasteiger partial charge on any atom is 0.357 e. The minimum atomic E-state index is -0.993. The third kappa shape index (κ3) is 2.59. The number of carboxylic acid groups (broad SMARTS) is 1. The first kappa shape index (κ1) is 15.0. The van der Waals surface area contributed by atoms with Crippen molar-refractivity contribution in [1.29, 1.82) is 0 Å². The molecule has 1 aromatic carbocycles. The normalized spacial score (nSPS) is 11.7. The van der Waals surface area contributed by atoms with Gasteiger partial charge in [0, 0.05) is 5.41 Å². The fourth-order valence-electron chi connectivity index (χ4n) is 2.16. The van der Waals surface area contributed by atoms with Crippen LogP contribution in [-0.4, -0.2) is 20.9 Å². The number of para-hydroxylation sites is 1. The summed E-state index contributed by atoms with van der Waals surface area (Å²) in [5, 5.41) is 13.6. The molecule has 0 aliphatic carbocycles. The van der Waals surface area contributed by atoms with Crippen molar-refractivity contribution in [2.45, 2.75) is 33.1 Å². The van der Waals surface area contributed by atoms with Crippen molar-refractivity contribution in [1.82, 2.24) is 9.78 Å². The van der Waals surface area contributed by atoms with Gasteiger partial charge in [-0.05, 0) is 41.1 Å². The van der Waals surface area contributed by atoms with Crippen LogP contribution in [0.15, 0.2) is 24.3 Å². The third-order valence-corrected chi connectivity index (χ3v) is 4.11. The van der Waals surface area contributed by atoms with Gasteiger partial charge in [0.2, 0.25) is 0 Å². The number of rotatable bonds is 2. The minimum Gasteiger partial charge on any atom is -0.476 e. The van der Waals surface area contributed by atoms with Gasteiger partial charge in [-0.1, -0.05) is 39.0 Å². The molecule has 0 fully saturated rings. The number of aromatic carboxylic acids is 1. The molecule has 20 heavy (non-hydrogen) atoms. The number of aryl methyl sites for hydroxylation is 1. The number of carboxylic acids is 1. The van der Waals surface area contributed by atoms with Crippen molar-refractivity contribution in [2.24, 2.45) is 0 Å². The molecular weight excluding hydrogens is 367 g/mol. The van der Waals surface area contributed by atoms with Gasteiger partial charge in [-0.3, -0.25) is 0 Å². The SMILES string of the molecule is Cc1ccccc1-n1nc(C(=O)O)c(I)c1C(C)(C)C. The lowest BCUT2D eigenvalue weighted by molar-refractivity contribution is 0.0689. The van der Waals surface area contributed by atoms with Gasteiger partial charge < -0.3 is 5.11 Å². The number of benzene rings is 1. The molecular formula is C15H17IN2O2. The van der Waals surface area contributed by atoms with Crippen LogP contribution in [0.3, 0.4) is 0 Å². The topological polar surface area (TPSA) is 55.1 Å². The Labute approximate surface area is 132 Å². The summed E-state index contributed by atoms with van der Waals surface area (Å²) in [5.41, 5.74) is 2.82. The highest BCUT2D eigenvalue weighted by atomic mass is 127. The maximum atomic E-state index is 11.3. The number of hydrogen-bond donors (Lipinski definition) is 1. The molecule has 0 saturated heterocycles. The second-order valence-electron chi connectivity index (χ2n) is 5.76. The van der Waals surface area contributed by atoms with E-state index < -0.39 is 5.97 Å². The summed E-state index contributed by atoms with van der Waals surface area (Å²) in [5.74, 6) is -0.993. The Bertz CT molecular complexity index is 669. The fourth-order valence-corrected chi connectivity index (χ4v) is 3.53. The number of aromatic nitrogens is 2. The molecule has 0 atom stereocenters. The molecule has 106 valence electrons. The fraction of sp³-hybridized carbons (Fsp3) is 0.333. The zero-order chi connectivity index (χ0) is 15.1. The summed E-state index contributed by atoms with van der Waals surface area (Å²) in [6.07, 6.45) is 0. The Kier molecular flexibility index (Phi) is 3.90. The molecule has 0 aliphatic heterocycles. The van der Waals surface area contributed by atoms with Crippen LogP contribution >= 0.6 is 22.6 Å². The lowest BCUT2D eigenvalue weighted by atomic mass is 9.91. The van der Waals surface area contributed by atoms with E-state index in [9.17, 15) is 9.90 Å². The van der Waals surface area contributed by atoms with E-state index in [1.54, 1.807) is 4.68 Å². The molecule has 0 bridgehead atoms. The molecule has 1 N–H and O–H groups in total. The van der Waals surface area contributed by atoms with Gasteiger partial charge in [-0.2, -0.15) is 5.10 Å². The number of nitrogens with zero attached hydrogens (tertiary/aromatic N) is 2. The monoisotopic (exact) mass is 384 g/mol. The van der Waals surface area contributed by atoms with Gasteiger partial charge in [0.05, 0.1) is 15.0 Å². The molecule has 0 radical (unpaired) electrons. The minimum absolute atomic E-state index is 0.110. The second-order valence-corrected chi connectivity index (χ2v) is 6.84. The molecule has 0 saturated carbocycles. The van der Waals surface area contributed by atoms with E-state index >= 15 is 0 Å². The van der Waals surface area contributed by atoms with E-state index in [0.29, 0.717) is 3.57 Å². The van der Waals surface area contributed by atoms with E-state index in [2.05, 4.69) is 48.5 Å². The number of halogens is 1. The zero-order valence-corrected chi connectivity index (χ0v) is 14.1. The Morgan fingerprint density at radius 1 is 1.30 bits per heavy atom. The second kappa shape index (κ2) is 5.20. The van der Waals surface area contributed by atoms with Crippen LogP contribution in [-0.2, 0) is 5.41 Å². The standard InChI is InChI=1S/C15H17IN2O2/c1-9-7-5-6-8-10(9)18-13(15(2,3)4)11(16)12(17-18)14(19)20/h5-8H,1-4H3,(H,19,20). The highest BCUT2D eigenvalue weighted by molar-refractivity contribution is 14.1. The molecule has 0 spiro atoms. The van der Waals surface area contributed by atoms with Gasteiger partial charge >= 0.3 is 5.97 Å². The molecule has 1 aromatic heterocycles. The molecule has 0 unspecified atom stereocenters. The van der Waals surface area contributed by atoms with Crippen LogP contribution in [0.4, 0.5) is 0 Å². The molecule has 2 aromatic rings. The summed E-state index contributed by atoms with van der Waals surface area (Å²) in [6.45, 7) is 8.18. The van der Waals surface area contributed by atoms with Crippen LogP contribution in [0.5, 0.6) is 0 Å². The van der Waals surface area contributed by atoms with Crippen molar-refractivity contribution < 1.29 is 9.90 Å². The molecule has 2 rings (SSSR count). The highest BCUT2D eigenvalue weighted by Gasteiger charge is 2.29. The van der Waals surface area contributed by atoms with Crippen molar-refractivity contribution >= 4 is 28.6 Å². The Balaban J connectivity index is 2.80. The number of hydrogen-bond acceptors (Lipinski definition) is 2. The van der Waals surface area contributed by atoms with E-state index in [1.165, 1.54) is 0 Å². The summed E-state index contributed by atoms with van der Waals surface area (Å²) < 4.78 is 2.46. The lowest BCUT2D eigenvalue weighted by Gasteiger charge is -2.21.